The lowest BCUT2D eigenvalue weighted by Gasteiger charge is -2.40. The van der Waals surface area contributed by atoms with Gasteiger partial charge in [-0.15, -0.1) is 0 Å². The Morgan fingerprint density at radius 1 is 1.07 bits per heavy atom. The number of nitrogens with zero attached hydrogens (tertiary/aromatic N) is 4. The van der Waals surface area contributed by atoms with Crippen LogP contribution in [0, 0.1) is 0 Å². The number of aromatic nitrogens is 2. The molecule has 2 N–H and O–H groups in total. The molecule has 7 nitrogen and oxygen atoms in total. The first kappa shape index (κ1) is 18.9. The van der Waals surface area contributed by atoms with Gasteiger partial charge in [-0.1, -0.05) is 6.42 Å². The summed E-state index contributed by atoms with van der Waals surface area (Å²) in [5.41, 5.74) is 1.07. The summed E-state index contributed by atoms with van der Waals surface area (Å²) in [6.07, 6.45) is 7.56. The third-order valence-electron chi connectivity index (χ3n) is 6.17. The molecule has 3 aliphatic rings. The summed E-state index contributed by atoms with van der Waals surface area (Å²) < 4.78 is 5.56. The number of ether oxygens (including phenoxy) is 1. The van der Waals surface area contributed by atoms with Gasteiger partial charge in [0.05, 0.1) is 18.9 Å². The highest BCUT2D eigenvalue weighted by Crippen LogP contribution is 2.29. The van der Waals surface area contributed by atoms with Crippen LogP contribution in [0.25, 0.3) is 0 Å². The monoisotopic (exact) mass is 375 g/mol. The van der Waals surface area contributed by atoms with Crippen molar-refractivity contribution in [1.29, 1.82) is 0 Å². The zero-order chi connectivity index (χ0) is 18.5. The summed E-state index contributed by atoms with van der Waals surface area (Å²) in [6.45, 7) is 6.77. The first-order valence-corrected chi connectivity index (χ1v) is 10.6. The fourth-order valence-electron chi connectivity index (χ4n) is 4.58. The summed E-state index contributed by atoms with van der Waals surface area (Å²) in [7, 11) is 0. The van der Waals surface area contributed by atoms with Crippen LogP contribution >= 0.6 is 0 Å². The molecule has 3 fully saturated rings. The lowest BCUT2D eigenvalue weighted by Crippen LogP contribution is -2.47. The van der Waals surface area contributed by atoms with Crippen LogP contribution in [-0.4, -0.2) is 78.6 Å². The number of hydrogen-bond acceptors (Lipinski definition) is 7. The Hall–Kier alpha value is -1.44. The number of aliphatic hydroxyl groups excluding tert-OH is 1. The van der Waals surface area contributed by atoms with Gasteiger partial charge in [0.15, 0.2) is 0 Å². The Morgan fingerprint density at radius 3 is 2.59 bits per heavy atom. The molecule has 27 heavy (non-hydrogen) atoms. The quantitative estimate of drug-likeness (QED) is 0.786. The molecule has 3 aliphatic heterocycles. The van der Waals surface area contributed by atoms with Crippen molar-refractivity contribution in [3.8, 4) is 0 Å². The Balaban J connectivity index is 1.44. The van der Waals surface area contributed by atoms with E-state index in [0.717, 1.165) is 50.3 Å². The SMILES string of the molecule is OCCNc1nc([C@@H]2CCOC2)cc(N2CCC(N3CCCCC3)CC2)n1. The van der Waals surface area contributed by atoms with E-state index in [4.69, 9.17) is 14.8 Å². The Bertz CT molecular complexity index is 594. The minimum absolute atomic E-state index is 0.0800. The number of aliphatic hydroxyl groups is 1. The normalized spacial score (nSPS) is 25.1. The van der Waals surface area contributed by atoms with Gasteiger partial charge < -0.3 is 25.0 Å². The van der Waals surface area contributed by atoms with Gasteiger partial charge in [-0.05, 0) is 45.2 Å². The van der Waals surface area contributed by atoms with Gasteiger partial charge in [-0.25, -0.2) is 4.98 Å². The number of nitrogens with one attached hydrogen (secondary N) is 1. The second-order valence-electron chi connectivity index (χ2n) is 8.00. The highest BCUT2D eigenvalue weighted by atomic mass is 16.5. The molecule has 0 amide bonds. The average Bonchev–Trinajstić information content (AvgIpc) is 3.28. The van der Waals surface area contributed by atoms with E-state index in [1.54, 1.807) is 0 Å². The van der Waals surface area contributed by atoms with E-state index in [0.29, 0.717) is 18.4 Å². The van der Waals surface area contributed by atoms with Crippen molar-refractivity contribution in [2.75, 3.05) is 62.8 Å². The summed E-state index contributed by atoms with van der Waals surface area (Å²) in [6, 6.07) is 2.89. The third-order valence-corrected chi connectivity index (χ3v) is 6.17. The molecule has 1 aromatic heterocycles. The predicted molar refractivity (Wildman–Crippen MR) is 106 cm³/mol. The fourth-order valence-corrected chi connectivity index (χ4v) is 4.58. The standard InChI is InChI=1S/C20H33N5O2/c26-12-7-21-20-22-18(16-6-13-27-15-16)14-19(23-20)25-10-4-17(5-11-25)24-8-2-1-3-9-24/h14,16-17,26H,1-13,15H2,(H,21,22,23)/t16-/m1/s1. The van der Waals surface area contributed by atoms with E-state index in [2.05, 4.69) is 26.2 Å². The predicted octanol–water partition coefficient (Wildman–Crippen LogP) is 1.84. The Morgan fingerprint density at radius 2 is 1.89 bits per heavy atom. The number of piperidine rings is 2. The van der Waals surface area contributed by atoms with E-state index < -0.39 is 0 Å². The molecule has 1 atom stereocenters. The van der Waals surface area contributed by atoms with Crippen molar-refractivity contribution in [2.45, 2.75) is 50.5 Å². The third kappa shape index (κ3) is 4.70. The molecule has 0 saturated carbocycles. The molecule has 150 valence electrons. The van der Waals surface area contributed by atoms with Crippen LogP contribution in [0.1, 0.15) is 50.1 Å². The van der Waals surface area contributed by atoms with Gasteiger partial charge in [0.2, 0.25) is 5.95 Å². The molecule has 7 heteroatoms. The summed E-state index contributed by atoms with van der Waals surface area (Å²) in [5, 5.41) is 12.3. The van der Waals surface area contributed by atoms with E-state index >= 15 is 0 Å². The van der Waals surface area contributed by atoms with Gasteiger partial charge in [0.1, 0.15) is 5.82 Å². The molecule has 0 unspecified atom stereocenters. The van der Waals surface area contributed by atoms with E-state index in [9.17, 15) is 0 Å². The molecule has 4 rings (SSSR count). The number of likely N-dealkylation sites (tertiary alicyclic amines) is 1. The van der Waals surface area contributed by atoms with Gasteiger partial charge in [-0.3, -0.25) is 0 Å². The van der Waals surface area contributed by atoms with Crippen molar-refractivity contribution < 1.29 is 9.84 Å². The first-order chi connectivity index (χ1) is 13.3. The maximum absolute atomic E-state index is 9.13. The van der Waals surface area contributed by atoms with Crippen molar-refractivity contribution in [2.24, 2.45) is 0 Å². The molecule has 1 aromatic rings. The Labute approximate surface area is 162 Å². The maximum atomic E-state index is 9.13. The minimum atomic E-state index is 0.0800. The first-order valence-electron chi connectivity index (χ1n) is 10.6. The second kappa shape index (κ2) is 9.17. The molecule has 0 aromatic carbocycles. The van der Waals surface area contributed by atoms with E-state index in [1.807, 2.05) is 0 Å². The summed E-state index contributed by atoms with van der Waals surface area (Å²) >= 11 is 0. The number of anilines is 2. The zero-order valence-corrected chi connectivity index (χ0v) is 16.3. The molecule has 0 bridgehead atoms. The summed E-state index contributed by atoms with van der Waals surface area (Å²) in [4.78, 5) is 14.5. The van der Waals surface area contributed by atoms with Crippen LogP contribution in [0.15, 0.2) is 6.07 Å². The maximum Gasteiger partial charge on any atom is 0.224 e. The van der Waals surface area contributed by atoms with Crippen molar-refractivity contribution in [3.63, 3.8) is 0 Å². The zero-order valence-electron chi connectivity index (χ0n) is 16.3. The van der Waals surface area contributed by atoms with Crippen LogP contribution in [0.3, 0.4) is 0 Å². The van der Waals surface area contributed by atoms with E-state index in [-0.39, 0.29) is 6.61 Å². The highest BCUT2D eigenvalue weighted by molar-refractivity contribution is 5.46. The van der Waals surface area contributed by atoms with Crippen molar-refractivity contribution in [1.82, 2.24) is 14.9 Å². The molecule has 0 spiro atoms. The van der Waals surface area contributed by atoms with Gasteiger partial charge in [0, 0.05) is 44.3 Å². The lowest BCUT2D eigenvalue weighted by molar-refractivity contribution is 0.141. The van der Waals surface area contributed by atoms with Gasteiger partial charge >= 0.3 is 0 Å². The highest BCUT2D eigenvalue weighted by Gasteiger charge is 2.27. The van der Waals surface area contributed by atoms with Crippen LogP contribution in [0.5, 0.6) is 0 Å². The molecular weight excluding hydrogens is 342 g/mol. The molecule has 0 radical (unpaired) electrons. The van der Waals surface area contributed by atoms with E-state index in [1.165, 1.54) is 45.2 Å². The van der Waals surface area contributed by atoms with Crippen molar-refractivity contribution in [3.05, 3.63) is 11.8 Å². The minimum Gasteiger partial charge on any atom is -0.395 e. The van der Waals surface area contributed by atoms with Gasteiger partial charge in [-0.2, -0.15) is 4.98 Å². The van der Waals surface area contributed by atoms with Gasteiger partial charge in [0.25, 0.3) is 0 Å². The summed E-state index contributed by atoms with van der Waals surface area (Å²) in [5.74, 6) is 2.00. The second-order valence-corrected chi connectivity index (χ2v) is 8.00. The molecule has 0 aliphatic carbocycles. The van der Waals surface area contributed by atoms with Crippen molar-refractivity contribution >= 4 is 11.8 Å². The number of rotatable bonds is 6. The number of hydrogen-bond donors (Lipinski definition) is 2. The van der Waals surface area contributed by atoms with Crippen LogP contribution in [0.2, 0.25) is 0 Å². The smallest absolute Gasteiger partial charge is 0.224 e. The lowest BCUT2D eigenvalue weighted by atomic mass is 9.99. The van der Waals surface area contributed by atoms with Crippen LogP contribution in [-0.2, 0) is 4.74 Å². The largest absolute Gasteiger partial charge is 0.395 e. The fraction of sp³-hybridized carbons (Fsp3) is 0.800. The Kier molecular flexibility index (Phi) is 6.42. The van der Waals surface area contributed by atoms with Crippen LogP contribution in [0.4, 0.5) is 11.8 Å². The molecule has 3 saturated heterocycles. The molecular formula is C20H33N5O2. The van der Waals surface area contributed by atoms with Crippen LogP contribution < -0.4 is 10.2 Å². The topological polar surface area (TPSA) is 73.8 Å². The molecule has 4 heterocycles. The average molecular weight is 376 g/mol.